The van der Waals surface area contributed by atoms with Crippen molar-refractivity contribution in [2.24, 2.45) is 0 Å². The molecule has 7 nitrogen and oxygen atoms in total. The largest absolute Gasteiger partial charge is 0.433 e. The molecule has 0 radical (unpaired) electrons. The monoisotopic (exact) mass is 423 g/mol. The van der Waals surface area contributed by atoms with Gasteiger partial charge in [-0.05, 0) is 48.5 Å². The summed E-state index contributed by atoms with van der Waals surface area (Å²) >= 11 is 5.80. The molecule has 3 rings (SSSR count). The lowest BCUT2D eigenvalue weighted by Crippen LogP contribution is -2.31. The topological polar surface area (TPSA) is 97.5 Å². The zero-order chi connectivity index (χ0) is 21.0. The molecule has 0 aliphatic heterocycles. The van der Waals surface area contributed by atoms with Gasteiger partial charge >= 0.3 is 6.11 Å². The van der Waals surface area contributed by atoms with Gasteiger partial charge in [0.15, 0.2) is 0 Å². The van der Waals surface area contributed by atoms with Crippen molar-refractivity contribution >= 4 is 17.5 Å². The van der Waals surface area contributed by atoms with E-state index in [-0.39, 0.29) is 17.5 Å². The van der Waals surface area contributed by atoms with E-state index in [0.717, 1.165) is 0 Å². The highest BCUT2D eigenvalue weighted by atomic mass is 35.5. The third-order valence-corrected chi connectivity index (χ3v) is 3.98. The van der Waals surface area contributed by atoms with Crippen LogP contribution < -0.4 is 10.1 Å². The summed E-state index contributed by atoms with van der Waals surface area (Å²) in [5.74, 6) is -0.397. The van der Waals surface area contributed by atoms with Crippen molar-refractivity contribution in [1.29, 1.82) is 0 Å². The number of nitrogens with zero attached hydrogens (tertiary/aromatic N) is 2. The minimum Gasteiger partial charge on any atom is -0.433 e. The van der Waals surface area contributed by atoms with Crippen LogP contribution >= 0.6 is 11.6 Å². The van der Waals surface area contributed by atoms with Crippen molar-refractivity contribution in [3.8, 4) is 17.2 Å². The maximum absolute atomic E-state index is 12.9. The van der Waals surface area contributed by atoms with Gasteiger partial charge in [-0.3, -0.25) is 4.79 Å². The first kappa shape index (κ1) is 20.7. The number of halogens is 3. The molecule has 1 heterocycles. The van der Waals surface area contributed by atoms with Gasteiger partial charge in [-0.2, -0.15) is 8.78 Å². The molecule has 0 unspecified atom stereocenters. The van der Waals surface area contributed by atoms with E-state index in [1.54, 1.807) is 12.1 Å². The lowest BCUT2D eigenvalue weighted by Gasteiger charge is -2.13. The van der Waals surface area contributed by atoms with Crippen LogP contribution in [0, 0.1) is 0 Å². The number of aliphatic hydroxyl groups excluding tert-OH is 1. The summed E-state index contributed by atoms with van der Waals surface area (Å²) in [6.07, 6.45) is -3.30. The molecule has 0 aliphatic rings. The Morgan fingerprint density at radius 3 is 2.45 bits per heavy atom. The van der Waals surface area contributed by atoms with E-state index >= 15 is 0 Å². The molecule has 2 aromatic carbocycles. The molecular formula is C19H16ClF2N3O4. The number of aromatic nitrogens is 2. The molecule has 0 saturated heterocycles. The lowest BCUT2D eigenvalue weighted by atomic mass is 10.2. The Bertz CT molecular complexity index is 972. The third kappa shape index (κ3) is 5.49. The fourth-order valence-corrected chi connectivity index (χ4v) is 2.52. The summed E-state index contributed by atoms with van der Waals surface area (Å²) in [7, 11) is 0. The second-order valence-corrected chi connectivity index (χ2v) is 6.53. The van der Waals surface area contributed by atoms with Crippen LogP contribution in [0.2, 0.25) is 5.02 Å². The van der Waals surface area contributed by atoms with Crippen LogP contribution in [-0.4, -0.2) is 33.9 Å². The van der Waals surface area contributed by atoms with Crippen LogP contribution in [0.25, 0.3) is 11.5 Å². The molecule has 3 aromatic rings. The van der Waals surface area contributed by atoms with Crippen LogP contribution in [0.5, 0.6) is 5.75 Å². The standard InChI is InChI=1S/C19H16ClF2N3O4/c1-19(21,22)29-14-8-4-12(5-9-14)17-24-25-18(28-17)15(10-26)23-16(27)11-2-6-13(20)7-3-11/h2-9,15,26H,10H2,1H3,(H,23,27)/t15-/m0/s1. The second-order valence-electron chi connectivity index (χ2n) is 6.10. The smallest absolute Gasteiger partial charge is 0.394 e. The number of carbonyl (C=O) groups is 1. The molecule has 0 aliphatic carbocycles. The van der Waals surface area contributed by atoms with Crippen LogP contribution in [0.3, 0.4) is 0 Å². The van der Waals surface area contributed by atoms with E-state index < -0.39 is 24.7 Å². The number of hydrogen-bond donors (Lipinski definition) is 2. The van der Waals surface area contributed by atoms with E-state index in [2.05, 4.69) is 20.3 Å². The number of carbonyl (C=O) groups excluding carboxylic acids is 1. The van der Waals surface area contributed by atoms with Gasteiger partial charge in [0.2, 0.25) is 11.8 Å². The van der Waals surface area contributed by atoms with E-state index in [4.69, 9.17) is 16.0 Å². The second kappa shape index (κ2) is 8.54. The first-order valence-electron chi connectivity index (χ1n) is 8.43. The first-order chi connectivity index (χ1) is 13.7. The average Bonchev–Trinajstić information content (AvgIpc) is 3.15. The Hall–Kier alpha value is -3.04. The van der Waals surface area contributed by atoms with E-state index in [9.17, 15) is 18.7 Å². The van der Waals surface area contributed by atoms with Gasteiger partial charge < -0.3 is 19.6 Å². The van der Waals surface area contributed by atoms with Gasteiger partial charge in [0.05, 0.1) is 6.61 Å². The summed E-state index contributed by atoms with van der Waals surface area (Å²) in [4.78, 5) is 12.3. The highest BCUT2D eigenvalue weighted by Gasteiger charge is 2.24. The zero-order valence-electron chi connectivity index (χ0n) is 15.1. The summed E-state index contributed by atoms with van der Waals surface area (Å²) in [6, 6.07) is 10.9. The van der Waals surface area contributed by atoms with Crippen molar-refractivity contribution in [3.63, 3.8) is 0 Å². The van der Waals surface area contributed by atoms with Crippen molar-refractivity contribution in [1.82, 2.24) is 15.5 Å². The molecular weight excluding hydrogens is 408 g/mol. The number of amides is 1. The van der Waals surface area contributed by atoms with Crippen LogP contribution in [-0.2, 0) is 0 Å². The fourth-order valence-electron chi connectivity index (χ4n) is 2.39. The highest BCUT2D eigenvalue weighted by Crippen LogP contribution is 2.26. The van der Waals surface area contributed by atoms with E-state index in [0.29, 0.717) is 23.1 Å². The number of rotatable bonds is 7. The van der Waals surface area contributed by atoms with Crippen LogP contribution in [0.4, 0.5) is 8.78 Å². The normalized spacial score (nSPS) is 12.4. The molecule has 152 valence electrons. The third-order valence-electron chi connectivity index (χ3n) is 3.73. The SMILES string of the molecule is CC(F)(F)Oc1ccc(-c2nnc([C@H](CO)NC(=O)c3ccc(Cl)cc3)o2)cc1. The molecule has 10 heteroatoms. The van der Waals surface area contributed by atoms with E-state index in [1.165, 1.54) is 36.4 Å². The Balaban J connectivity index is 1.71. The van der Waals surface area contributed by atoms with Gasteiger partial charge in [-0.1, -0.05) is 11.6 Å². The number of ether oxygens (including phenoxy) is 1. The highest BCUT2D eigenvalue weighted by molar-refractivity contribution is 6.30. The Morgan fingerprint density at radius 2 is 1.86 bits per heavy atom. The fraction of sp³-hybridized carbons (Fsp3) is 0.211. The van der Waals surface area contributed by atoms with Crippen molar-refractivity contribution in [2.45, 2.75) is 19.1 Å². The van der Waals surface area contributed by atoms with E-state index in [1.807, 2.05) is 0 Å². The number of aliphatic hydroxyl groups is 1. The summed E-state index contributed by atoms with van der Waals surface area (Å²) in [5, 5.41) is 20.4. The predicted molar refractivity (Wildman–Crippen MR) is 99.7 cm³/mol. The Morgan fingerprint density at radius 1 is 1.21 bits per heavy atom. The molecule has 1 atom stereocenters. The molecule has 1 aromatic heterocycles. The molecule has 0 bridgehead atoms. The molecule has 29 heavy (non-hydrogen) atoms. The lowest BCUT2D eigenvalue weighted by molar-refractivity contribution is -0.158. The van der Waals surface area contributed by atoms with Gasteiger partial charge in [0.1, 0.15) is 11.8 Å². The minimum atomic E-state index is -3.30. The molecule has 1 amide bonds. The summed E-state index contributed by atoms with van der Waals surface area (Å²) in [5.41, 5.74) is 0.798. The molecule has 0 saturated carbocycles. The van der Waals surface area contributed by atoms with Crippen LogP contribution in [0.15, 0.2) is 52.9 Å². The summed E-state index contributed by atoms with van der Waals surface area (Å²) in [6.45, 7) is 0.165. The maximum Gasteiger partial charge on any atom is 0.394 e. The average molecular weight is 424 g/mol. The Labute approximate surface area is 169 Å². The molecule has 0 fully saturated rings. The number of alkyl halides is 2. The van der Waals surface area contributed by atoms with Gasteiger partial charge in [0, 0.05) is 23.1 Å². The molecule has 2 N–H and O–H groups in total. The predicted octanol–water partition coefficient (Wildman–Crippen LogP) is 3.84. The maximum atomic E-state index is 12.9. The number of nitrogens with one attached hydrogen (secondary N) is 1. The van der Waals surface area contributed by atoms with Gasteiger partial charge in [0.25, 0.3) is 5.91 Å². The zero-order valence-corrected chi connectivity index (χ0v) is 15.9. The Kier molecular flexibility index (Phi) is 6.09. The quantitative estimate of drug-likeness (QED) is 0.599. The minimum absolute atomic E-state index is 0.00904. The van der Waals surface area contributed by atoms with Gasteiger partial charge in [-0.25, -0.2) is 0 Å². The van der Waals surface area contributed by atoms with Crippen molar-refractivity contribution in [2.75, 3.05) is 6.61 Å². The van der Waals surface area contributed by atoms with Crippen LogP contribution in [0.1, 0.15) is 29.2 Å². The summed E-state index contributed by atoms with van der Waals surface area (Å²) < 4.78 is 35.7. The number of benzene rings is 2. The number of hydrogen-bond acceptors (Lipinski definition) is 6. The van der Waals surface area contributed by atoms with Crippen molar-refractivity contribution < 1.29 is 27.8 Å². The first-order valence-corrected chi connectivity index (χ1v) is 8.81. The van der Waals surface area contributed by atoms with Crippen molar-refractivity contribution in [3.05, 3.63) is 65.0 Å². The van der Waals surface area contributed by atoms with Gasteiger partial charge in [-0.15, -0.1) is 10.2 Å². The molecule has 0 spiro atoms.